The van der Waals surface area contributed by atoms with Crippen LogP contribution in [0.1, 0.15) is 0 Å². The highest BCUT2D eigenvalue weighted by Gasteiger charge is 2.17. The van der Waals surface area contributed by atoms with Crippen LogP contribution in [0.25, 0.3) is 0 Å². The van der Waals surface area contributed by atoms with E-state index in [4.69, 9.17) is 4.74 Å². The van der Waals surface area contributed by atoms with Gasteiger partial charge in [-0.2, -0.15) is 5.10 Å². The number of aromatic nitrogens is 2. The Labute approximate surface area is 108 Å². The molecule has 0 unspecified atom stereocenters. The molecule has 1 saturated heterocycles. The van der Waals surface area contributed by atoms with E-state index in [0.717, 1.165) is 26.2 Å². The molecule has 2 heterocycles. The van der Waals surface area contributed by atoms with Gasteiger partial charge in [0.1, 0.15) is 0 Å². The molecule has 0 radical (unpaired) electrons. The van der Waals surface area contributed by atoms with Gasteiger partial charge in [0, 0.05) is 38.6 Å². The molecule has 1 aromatic rings. The van der Waals surface area contributed by atoms with Crippen LogP contribution in [-0.4, -0.2) is 71.8 Å². The molecule has 2 N–H and O–H groups in total. The molecular formula is C12H22N4O2. The Morgan fingerprint density at radius 2 is 2.50 bits per heavy atom. The second kappa shape index (κ2) is 6.84. The molecule has 0 aliphatic carbocycles. The number of rotatable bonds is 6. The Morgan fingerprint density at radius 3 is 3.22 bits per heavy atom. The number of nitrogens with one attached hydrogen (secondary N) is 1. The van der Waals surface area contributed by atoms with Gasteiger partial charge in [-0.15, -0.1) is 0 Å². The molecule has 0 saturated carbocycles. The molecule has 6 nitrogen and oxygen atoms in total. The molecule has 0 aromatic carbocycles. The summed E-state index contributed by atoms with van der Waals surface area (Å²) in [6.45, 7) is 4.59. The lowest BCUT2D eigenvalue weighted by molar-refractivity contribution is -0.0192. The first-order valence-corrected chi connectivity index (χ1v) is 6.40. The fraction of sp³-hybridized carbons (Fsp3) is 0.750. The molecule has 1 fully saturated rings. The van der Waals surface area contributed by atoms with Gasteiger partial charge in [0.15, 0.2) is 0 Å². The van der Waals surface area contributed by atoms with Crippen LogP contribution in [0.4, 0.5) is 0 Å². The summed E-state index contributed by atoms with van der Waals surface area (Å²) >= 11 is 0. The van der Waals surface area contributed by atoms with E-state index < -0.39 is 6.10 Å². The van der Waals surface area contributed by atoms with Gasteiger partial charge in [-0.3, -0.25) is 4.68 Å². The van der Waals surface area contributed by atoms with E-state index in [9.17, 15) is 5.11 Å². The van der Waals surface area contributed by atoms with Gasteiger partial charge in [0.05, 0.1) is 25.4 Å². The van der Waals surface area contributed by atoms with Gasteiger partial charge in [-0.1, -0.05) is 0 Å². The molecule has 1 aromatic heterocycles. The van der Waals surface area contributed by atoms with Crippen molar-refractivity contribution in [3.63, 3.8) is 0 Å². The van der Waals surface area contributed by atoms with Gasteiger partial charge in [0.2, 0.25) is 0 Å². The number of ether oxygens (including phenoxy) is 1. The van der Waals surface area contributed by atoms with E-state index >= 15 is 0 Å². The van der Waals surface area contributed by atoms with Crippen molar-refractivity contribution in [3.05, 3.63) is 18.5 Å². The fourth-order valence-corrected chi connectivity index (χ4v) is 2.09. The van der Waals surface area contributed by atoms with Gasteiger partial charge >= 0.3 is 0 Å². The maximum Gasteiger partial charge on any atom is 0.0860 e. The third kappa shape index (κ3) is 4.38. The summed E-state index contributed by atoms with van der Waals surface area (Å²) in [6, 6.07) is 1.85. The highest BCUT2D eigenvalue weighted by molar-refractivity contribution is 4.79. The number of aliphatic hydroxyl groups is 1. The minimum Gasteiger partial charge on any atom is -0.390 e. The smallest absolute Gasteiger partial charge is 0.0860 e. The van der Waals surface area contributed by atoms with Crippen LogP contribution in [0.2, 0.25) is 0 Å². The maximum atomic E-state index is 9.83. The number of hydrogen-bond donors (Lipinski definition) is 2. The lowest BCUT2D eigenvalue weighted by Crippen LogP contribution is -2.46. The zero-order chi connectivity index (χ0) is 12.8. The summed E-state index contributed by atoms with van der Waals surface area (Å²) in [5, 5.41) is 17.1. The van der Waals surface area contributed by atoms with Crippen molar-refractivity contribution in [1.29, 1.82) is 0 Å². The van der Waals surface area contributed by atoms with Crippen molar-refractivity contribution in [3.8, 4) is 0 Å². The van der Waals surface area contributed by atoms with E-state index in [1.807, 2.05) is 12.3 Å². The monoisotopic (exact) mass is 254 g/mol. The SMILES string of the molecule is CN1CCO[C@@H](CNC[C@H](O)Cn2cccn2)C1. The molecule has 1 aliphatic heterocycles. The molecule has 1 aliphatic rings. The number of hydrogen-bond acceptors (Lipinski definition) is 5. The topological polar surface area (TPSA) is 62.6 Å². The quantitative estimate of drug-likeness (QED) is 0.693. The Balaban J connectivity index is 1.59. The third-order valence-corrected chi connectivity index (χ3v) is 3.05. The van der Waals surface area contributed by atoms with Crippen molar-refractivity contribution in [1.82, 2.24) is 20.0 Å². The molecule has 6 heteroatoms. The van der Waals surface area contributed by atoms with E-state index in [1.165, 1.54) is 0 Å². The Bertz CT molecular complexity index is 331. The van der Waals surface area contributed by atoms with Crippen LogP contribution >= 0.6 is 0 Å². The van der Waals surface area contributed by atoms with E-state index in [1.54, 1.807) is 10.9 Å². The van der Waals surface area contributed by atoms with Crippen LogP contribution in [0.3, 0.4) is 0 Å². The molecule has 102 valence electrons. The molecule has 0 spiro atoms. The number of aliphatic hydroxyl groups excluding tert-OH is 1. The first-order chi connectivity index (χ1) is 8.74. The first kappa shape index (κ1) is 13.5. The second-order valence-electron chi connectivity index (χ2n) is 4.80. The van der Waals surface area contributed by atoms with Crippen LogP contribution in [0, 0.1) is 0 Å². The molecule has 0 bridgehead atoms. The van der Waals surface area contributed by atoms with Gasteiger partial charge in [-0.25, -0.2) is 0 Å². The van der Waals surface area contributed by atoms with Gasteiger partial charge < -0.3 is 20.1 Å². The highest BCUT2D eigenvalue weighted by Crippen LogP contribution is 2.01. The minimum atomic E-state index is -0.425. The predicted octanol–water partition coefficient (Wildman–Crippen LogP) is -0.836. The van der Waals surface area contributed by atoms with Gasteiger partial charge in [-0.05, 0) is 13.1 Å². The van der Waals surface area contributed by atoms with Crippen molar-refractivity contribution in [2.75, 3.05) is 39.8 Å². The van der Waals surface area contributed by atoms with E-state index in [-0.39, 0.29) is 6.10 Å². The fourth-order valence-electron chi connectivity index (χ4n) is 2.09. The zero-order valence-electron chi connectivity index (χ0n) is 10.8. The molecule has 18 heavy (non-hydrogen) atoms. The standard InChI is InChI=1S/C12H22N4O2/c1-15-5-6-18-12(10-15)8-13-7-11(17)9-16-4-2-3-14-16/h2-4,11-13,17H,5-10H2,1H3/t11-,12-/m0/s1. The average Bonchev–Trinajstić information content (AvgIpc) is 2.82. The normalized spacial score (nSPS) is 23.1. The molecular weight excluding hydrogens is 232 g/mol. The Morgan fingerprint density at radius 1 is 1.61 bits per heavy atom. The summed E-state index contributed by atoms with van der Waals surface area (Å²) in [4.78, 5) is 2.26. The first-order valence-electron chi connectivity index (χ1n) is 6.40. The highest BCUT2D eigenvalue weighted by atomic mass is 16.5. The largest absolute Gasteiger partial charge is 0.390 e. The van der Waals surface area contributed by atoms with Crippen LogP contribution in [-0.2, 0) is 11.3 Å². The van der Waals surface area contributed by atoms with E-state index in [2.05, 4.69) is 22.4 Å². The molecule has 2 rings (SSSR count). The molecule has 0 amide bonds. The number of nitrogens with zero attached hydrogens (tertiary/aromatic N) is 3. The van der Waals surface area contributed by atoms with Crippen LogP contribution in [0.5, 0.6) is 0 Å². The minimum absolute atomic E-state index is 0.223. The summed E-state index contributed by atoms with van der Waals surface area (Å²) in [5.74, 6) is 0. The second-order valence-corrected chi connectivity index (χ2v) is 4.80. The summed E-state index contributed by atoms with van der Waals surface area (Å²) in [6.07, 6.45) is 3.36. The van der Waals surface area contributed by atoms with Gasteiger partial charge in [0.25, 0.3) is 0 Å². The lowest BCUT2D eigenvalue weighted by atomic mass is 10.2. The predicted molar refractivity (Wildman–Crippen MR) is 68.3 cm³/mol. The Hall–Kier alpha value is -0.950. The van der Waals surface area contributed by atoms with Crippen molar-refractivity contribution in [2.45, 2.75) is 18.8 Å². The van der Waals surface area contributed by atoms with Crippen LogP contribution < -0.4 is 5.32 Å². The zero-order valence-corrected chi connectivity index (χ0v) is 10.8. The summed E-state index contributed by atoms with van der Waals surface area (Å²) < 4.78 is 7.37. The van der Waals surface area contributed by atoms with Crippen molar-refractivity contribution in [2.24, 2.45) is 0 Å². The van der Waals surface area contributed by atoms with Crippen LogP contribution in [0.15, 0.2) is 18.5 Å². The molecule has 2 atom stereocenters. The lowest BCUT2D eigenvalue weighted by Gasteiger charge is -2.30. The number of likely N-dealkylation sites (N-methyl/N-ethyl adjacent to an activating group) is 1. The maximum absolute atomic E-state index is 9.83. The Kier molecular flexibility index (Phi) is 5.12. The van der Waals surface area contributed by atoms with Crippen molar-refractivity contribution >= 4 is 0 Å². The summed E-state index contributed by atoms with van der Waals surface area (Å²) in [5.41, 5.74) is 0. The van der Waals surface area contributed by atoms with Crippen molar-refractivity contribution < 1.29 is 9.84 Å². The summed E-state index contributed by atoms with van der Waals surface area (Å²) in [7, 11) is 2.10. The number of morpholine rings is 1. The van der Waals surface area contributed by atoms with E-state index in [0.29, 0.717) is 13.1 Å². The third-order valence-electron chi connectivity index (χ3n) is 3.05. The average molecular weight is 254 g/mol.